The molecule has 1 aromatic heterocycles. The van der Waals surface area contributed by atoms with E-state index in [-0.39, 0.29) is 23.0 Å². The number of morpholine rings is 1. The fourth-order valence-corrected chi connectivity index (χ4v) is 5.08. The molecular formula is C26H29N5O4S. The van der Waals surface area contributed by atoms with Crippen molar-refractivity contribution in [2.75, 3.05) is 36.2 Å². The fourth-order valence-electron chi connectivity index (χ4n) is 4.18. The van der Waals surface area contributed by atoms with Crippen LogP contribution >= 0.6 is 0 Å². The molecule has 1 aliphatic carbocycles. The second kappa shape index (κ2) is 9.87. The maximum absolute atomic E-state index is 12.5. The average Bonchev–Trinajstić information content (AvgIpc) is 3.68. The second-order valence-corrected chi connectivity index (χ2v) is 11.3. The highest BCUT2D eigenvalue weighted by molar-refractivity contribution is 7.90. The quantitative estimate of drug-likeness (QED) is 0.523. The lowest BCUT2D eigenvalue weighted by Crippen LogP contribution is -2.44. The number of nitrogens with zero attached hydrogens (tertiary/aromatic N) is 3. The normalized spacial score (nSPS) is 18.1. The maximum atomic E-state index is 12.5. The van der Waals surface area contributed by atoms with Crippen molar-refractivity contribution in [2.45, 2.75) is 36.7 Å². The molecule has 0 radical (unpaired) electrons. The molecule has 2 fully saturated rings. The highest BCUT2D eigenvalue weighted by atomic mass is 32.2. The molecule has 2 amide bonds. The molecule has 5 rings (SSSR count). The summed E-state index contributed by atoms with van der Waals surface area (Å²) < 4.78 is 30.6. The van der Waals surface area contributed by atoms with E-state index in [2.05, 4.69) is 15.5 Å². The van der Waals surface area contributed by atoms with Gasteiger partial charge in [-0.15, -0.1) is 0 Å². The van der Waals surface area contributed by atoms with E-state index in [1.54, 1.807) is 30.3 Å². The van der Waals surface area contributed by atoms with E-state index in [4.69, 9.17) is 14.7 Å². The number of carbonyl (C=O) groups is 1. The molecule has 2 aliphatic rings. The Labute approximate surface area is 210 Å². The van der Waals surface area contributed by atoms with Crippen molar-refractivity contribution in [3.05, 3.63) is 54.6 Å². The molecule has 1 atom stereocenters. The summed E-state index contributed by atoms with van der Waals surface area (Å²) in [6.07, 6.45) is 3.24. The van der Waals surface area contributed by atoms with Gasteiger partial charge in [0.15, 0.2) is 9.84 Å². The Hall–Kier alpha value is -3.50. The van der Waals surface area contributed by atoms with Crippen LogP contribution in [0, 0.1) is 0 Å². The first-order valence-electron chi connectivity index (χ1n) is 12.0. The number of anilines is 2. The highest BCUT2D eigenvalue weighted by Crippen LogP contribution is 2.32. The van der Waals surface area contributed by atoms with Crippen LogP contribution in [0.15, 0.2) is 59.5 Å². The van der Waals surface area contributed by atoms with Gasteiger partial charge in [-0.3, -0.25) is 0 Å². The SMILES string of the molecule is CC1COCCN1c1nc(-c2ccc(NC(=O)NC3CC3)cc2)cc(-c2ccccc2S(C)(=O)=O)n1. The predicted octanol–water partition coefficient (Wildman–Crippen LogP) is 3.72. The average molecular weight is 508 g/mol. The lowest BCUT2D eigenvalue weighted by molar-refractivity contribution is 0.0981. The molecule has 188 valence electrons. The summed E-state index contributed by atoms with van der Waals surface area (Å²) in [5.74, 6) is 0.521. The van der Waals surface area contributed by atoms with Gasteiger partial charge >= 0.3 is 6.03 Å². The minimum atomic E-state index is -3.47. The molecule has 9 nitrogen and oxygen atoms in total. The molecule has 2 heterocycles. The first kappa shape index (κ1) is 24.2. The summed E-state index contributed by atoms with van der Waals surface area (Å²) >= 11 is 0. The van der Waals surface area contributed by atoms with Gasteiger partial charge in [-0.2, -0.15) is 0 Å². The Bertz CT molecular complexity index is 1370. The lowest BCUT2D eigenvalue weighted by atomic mass is 10.1. The lowest BCUT2D eigenvalue weighted by Gasteiger charge is -2.33. The summed E-state index contributed by atoms with van der Waals surface area (Å²) in [6, 6.07) is 16.2. The van der Waals surface area contributed by atoms with Gasteiger partial charge in [0.25, 0.3) is 0 Å². The Morgan fingerprint density at radius 3 is 2.47 bits per heavy atom. The van der Waals surface area contributed by atoms with Crippen molar-refractivity contribution in [3.8, 4) is 22.5 Å². The van der Waals surface area contributed by atoms with E-state index in [1.807, 2.05) is 31.2 Å². The molecule has 1 saturated carbocycles. The molecule has 1 aliphatic heterocycles. The van der Waals surface area contributed by atoms with Crippen LogP contribution in [0.5, 0.6) is 0 Å². The molecule has 2 N–H and O–H groups in total. The number of sulfone groups is 1. The van der Waals surface area contributed by atoms with Crippen LogP contribution in [0.25, 0.3) is 22.5 Å². The van der Waals surface area contributed by atoms with Crippen LogP contribution in [0.3, 0.4) is 0 Å². The second-order valence-electron chi connectivity index (χ2n) is 9.27. The predicted molar refractivity (Wildman–Crippen MR) is 139 cm³/mol. The van der Waals surface area contributed by atoms with Crippen molar-refractivity contribution in [1.29, 1.82) is 0 Å². The summed E-state index contributed by atoms with van der Waals surface area (Å²) in [4.78, 5) is 24.0. The topological polar surface area (TPSA) is 114 Å². The number of rotatable bonds is 6. The fraction of sp³-hybridized carbons (Fsp3) is 0.346. The Morgan fingerprint density at radius 1 is 1.06 bits per heavy atom. The highest BCUT2D eigenvalue weighted by Gasteiger charge is 2.25. The number of urea groups is 1. The monoisotopic (exact) mass is 507 g/mol. The van der Waals surface area contributed by atoms with Crippen molar-refractivity contribution in [1.82, 2.24) is 15.3 Å². The van der Waals surface area contributed by atoms with Gasteiger partial charge < -0.3 is 20.3 Å². The van der Waals surface area contributed by atoms with Crippen LogP contribution in [0.4, 0.5) is 16.4 Å². The first-order chi connectivity index (χ1) is 17.3. The number of ether oxygens (including phenoxy) is 1. The van der Waals surface area contributed by atoms with Gasteiger partial charge in [-0.05, 0) is 44.0 Å². The van der Waals surface area contributed by atoms with Crippen LogP contribution in [0.2, 0.25) is 0 Å². The molecule has 2 aromatic carbocycles. The van der Waals surface area contributed by atoms with Crippen LogP contribution in [-0.4, -0.2) is 62.5 Å². The third kappa shape index (κ3) is 5.50. The van der Waals surface area contributed by atoms with E-state index in [0.29, 0.717) is 48.3 Å². The standard InChI is InChI=1S/C26H29N5O4S/c1-17-16-35-14-13-31(17)25-29-22(15-23(30-25)21-5-3-4-6-24(21)36(2,33)34)18-7-9-19(10-8-18)27-26(32)28-20-11-12-20/h3-10,15,17,20H,11-14,16H2,1-2H3,(H2,27,28,32). The van der Waals surface area contributed by atoms with Crippen LogP contribution in [-0.2, 0) is 14.6 Å². The first-order valence-corrected chi connectivity index (χ1v) is 13.9. The molecule has 1 saturated heterocycles. The smallest absolute Gasteiger partial charge is 0.319 e. The van der Waals surface area contributed by atoms with Gasteiger partial charge in [0.1, 0.15) is 0 Å². The van der Waals surface area contributed by atoms with Gasteiger partial charge in [-0.25, -0.2) is 23.2 Å². The summed E-state index contributed by atoms with van der Waals surface area (Å²) in [5, 5.41) is 5.75. The number of carbonyl (C=O) groups excluding carboxylic acids is 1. The molecule has 3 aromatic rings. The largest absolute Gasteiger partial charge is 0.377 e. The minimum Gasteiger partial charge on any atom is -0.377 e. The Balaban J connectivity index is 1.53. The van der Waals surface area contributed by atoms with Crippen molar-refractivity contribution in [3.63, 3.8) is 0 Å². The van der Waals surface area contributed by atoms with E-state index < -0.39 is 9.84 Å². The number of nitrogens with one attached hydrogen (secondary N) is 2. The molecule has 36 heavy (non-hydrogen) atoms. The van der Waals surface area contributed by atoms with E-state index in [9.17, 15) is 13.2 Å². The number of benzene rings is 2. The summed E-state index contributed by atoms with van der Waals surface area (Å²) in [5.41, 5.74) is 3.22. The molecule has 1 unspecified atom stereocenters. The summed E-state index contributed by atoms with van der Waals surface area (Å²) in [6.45, 7) is 3.81. The number of amides is 2. The number of hydrogen-bond acceptors (Lipinski definition) is 7. The zero-order valence-electron chi connectivity index (χ0n) is 20.3. The van der Waals surface area contributed by atoms with Crippen molar-refractivity contribution >= 4 is 27.5 Å². The zero-order chi connectivity index (χ0) is 25.3. The Kier molecular flexibility index (Phi) is 6.63. The molecule has 0 bridgehead atoms. The summed E-state index contributed by atoms with van der Waals surface area (Å²) in [7, 11) is -3.47. The van der Waals surface area contributed by atoms with E-state index in [1.165, 1.54) is 6.26 Å². The van der Waals surface area contributed by atoms with E-state index >= 15 is 0 Å². The third-order valence-corrected chi connectivity index (χ3v) is 7.41. The third-order valence-electron chi connectivity index (χ3n) is 6.25. The minimum absolute atomic E-state index is 0.0727. The zero-order valence-corrected chi connectivity index (χ0v) is 21.1. The van der Waals surface area contributed by atoms with Crippen LogP contribution in [0.1, 0.15) is 19.8 Å². The van der Waals surface area contributed by atoms with Gasteiger partial charge in [0.2, 0.25) is 5.95 Å². The van der Waals surface area contributed by atoms with Gasteiger partial charge in [0, 0.05) is 35.7 Å². The molecule has 10 heteroatoms. The van der Waals surface area contributed by atoms with Crippen LogP contribution < -0.4 is 15.5 Å². The Morgan fingerprint density at radius 2 is 1.78 bits per heavy atom. The maximum Gasteiger partial charge on any atom is 0.319 e. The molecule has 0 spiro atoms. The van der Waals surface area contributed by atoms with E-state index in [0.717, 1.165) is 18.4 Å². The molecular weight excluding hydrogens is 478 g/mol. The van der Waals surface area contributed by atoms with Gasteiger partial charge in [0.05, 0.1) is 35.5 Å². The number of hydrogen-bond donors (Lipinski definition) is 2. The number of aromatic nitrogens is 2. The van der Waals surface area contributed by atoms with Gasteiger partial charge in [-0.1, -0.05) is 30.3 Å². The van der Waals surface area contributed by atoms with Crippen molar-refractivity contribution < 1.29 is 17.9 Å². The van der Waals surface area contributed by atoms with Crippen molar-refractivity contribution in [2.24, 2.45) is 0 Å².